The Morgan fingerprint density at radius 2 is 2.00 bits per heavy atom. The Morgan fingerprint density at radius 1 is 1.25 bits per heavy atom. The highest BCUT2D eigenvalue weighted by atomic mass is 32.2. The normalized spacial score (nSPS) is 22.4. The first-order valence-electron chi connectivity index (χ1n) is 9.89. The predicted octanol–water partition coefficient (Wildman–Crippen LogP) is 4.18. The van der Waals surface area contributed by atoms with E-state index in [0.717, 1.165) is 22.5 Å². The lowest BCUT2D eigenvalue weighted by atomic mass is 9.86. The number of amidine groups is 1. The molecule has 0 spiro atoms. The molecule has 7 heteroatoms. The molecule has 0 bridgehead atoms. The van der Waals surface area contributed by atoms with Gasteiger partial charge in [-0.1, -0.05) is 43.2 Å². The van der Waals surface area contributed by atoms with Crippen LogP contribution in [0.2, 0.25) is 0 Å². The first kappa shape index (κ1) is 20.6. The minimum Gasteiger partial charge on any atom is -0.326 e. The first-order chi connectivity index (χ1) is 13.4. The lowest BCUT2D eigenvalue weighted by Gasteiger charge is -2.20. The highest BCUT2D eigenvalue weighted by molar-refractivity contribution is 8.15. The molecule has 1 saturated carbocycles. The second-order valence-corrected chi connectivity index (χ2v) is 8.84. The summed E-state index contributed by atoms with van der Waals surface area (Å²) >= 11 is 1.28. The number of aryl methyl sites for hydroxylation is 2. The van der Waals surface area contributed by atoms with E-state index in [2.05, 4.69) is 20.8 Å². The van der Waals surface area contributed by atoms with Crippen molar-refractivity contribution >= 4 is 40.1 Å². The van der Waals surface area contributed by atoms with Gasteiger partial charge in [0.2, 0.25) is 11.8 Å². The molecule has 1 atom stereocenters. The maximum absolute atomic E-state index is 12.4. The summed E-state index contributed by atoms with van der Waals surface area (Å²) < 4.78 is 0. The number of nitrogens with one attached hydrogen (secondary N) is 2. The minimum absolute atomic E-state index is 0.105. The van der Waals surface area contributed by atoms with E-state index in [1.807, 2.05) is 39.0 Å². The summed E-state index contributed by atoms with van der Waals surface area (Å²) in [6.45, 7) is 5.94. The summed E-state index contributed by atoms with van der Waals surface area (Å²) in [7, 11) is 0. The zero-order chi connectivity index (χ0) is 20.1. The number of carbonyl (C=O) groups excluding carboxylic acids is 2. The summed E-state index contributed by atoms with van der Waals surface area (Å²) in [5.74, 6) is 0.134. The Labute approximate surface area is 170 Å². The fraction of sp³-hybridized carbons (Fsp3) is 0.524. The lowest BCUT2D eigenvalue weighted by molar-refractivity contribution is -0.122. The van der Waals surface area contributed by atoms with Crippen molar-refractivity contribution in [2.45, 2.75) is 64.5 Å². The predicted molar refractivity (Wildman–Crippen MR) is 116 cm³/mol. The number of anilines is 1. The molecule has 150 valence electrons. The molecule has 28 heavy (non-hydrogen) atoms. The molecule has 1 saturated heterocycles. The molecule has 0 radical (unpaired) electrons. The van der Waals surface area contributed by atoms with Crippen LogP contribution >= 0.6 is 11.8 Å². The number of benzene rings is 1. The van der Waals surface area contributed by atoms with Gasteiger partial charge in [-0.25, -0.2) is 0 Å². The average molecular weight is 401 g/mol. The quantitative estimate of drug-likeness (QED) is 0.575. The summed E-state index contributed by atoms with van der Waals surface area (Å²) in [6.07, 6.45) is 6.24. The fourth-order valence-electron chi connectivity index (χ4n) is 3.55. The van der Waals surface area contributed by atoms with E-state index in [1.165, 1.54) is 43.9 Å². The zero-order valence-electron chi connectivity index (χ0n) is 16.7. The number of rotatable bonds is 5. The topological polar surface area (TPSA) is 82.9 Å². The van der Waals surface area contributed by atoms with Crippen molar-refractivity contribution in [1.29, 1.82) is 0 Å². The maximum Gasteiger partial charge on any atom is 0.240 e. The SMILES string of the molecule is C/C(=N/N=C1\NC(=O)[C@@H](CC(=O)Nc2cc(C)ccc2C)S1)C1CCCCC1. The van der Waals surface area contributed by atoms with E-state index < -0.39 is 5.25 Å². The van der Waals surface area contributed by atoms with Crippen molar-refractivity contribution in [3.63, 3.8) is 0 Å². The van der Waals surface area contributed by atoms with Gasteiger partial charge in [0, 0.05) is 17.8 Å². The molecule has 2 amide bonds. The molecule has 1 aliphatic heterocycles. The van der Waals surface area contributed by atoms with E-state index >= 15 is 0 Å². The van der Waals surface area contributed by atoms with E-state index in [4.69, 9.17) is 0 Å². The van der Waals surface area contributed by atoms with Crippen molar-refractivity contribution in [2.24, 2.45) is 16.1 Å². The van der Waals surface area contributed by atoms with E-state index in [-0.39, 0.29) is 18.2 Å². The monoisotopic (exact) mass is 400 g/mol. The van der Waals surface area contributed by atoms with Crippen LogP contribution in [0.25, 0.3) is 0 Å². The Kier molecular flexibility index (Phi) is 6.88. The smallest absolute Gasteiger partial charge is 0.240 e. The molecule has 2 N–H and O–H groups in total. The molecule has 1 aromatic rings. The van der Waals surface area contributed by atoms with E-state index in [9.17, 15) is 9.59 Å². The molecule has 1 heterocycles. The van der Waals surface area contributed by atoms with Crippen LogP contribution in [-0.2, 0) is 9.59 Å². The fourth-order valence-corrected chi connectivity index (χ4v) is 4.47. The Bertz CT molecular complexity index is 813. The Morgan fingerprint density at radius 3 is 2.75 bits per heavy atom. The van der Waals surface area contributed by atoms with Gasteiger partial charge in [-0.3, -0.25) is 9.59 Å². The highest BCUT2D eigenvalue weighted by Crippen LogP contribution is 2.26. The van der Waals surface area contributed by atoms with Crippen LogP contribution in [0.3, 0.4) is 0 Å². The third-order valence-electron chi connectivity index (χ3n) is 5.31. The average Bonchev–Trinajstić information content (AvgIpc) is 3.02. The zero-order valence-corrected chi connectivity index (χ0v) is 17.6. The number of hydrogen-bond acceptors (Lipinski definition) is 5. The highest BCUT2D eigenvalue weighted by Gasteiger charge is 2.32. The number of hydrogen-bond donors (Lipinski definition) is 2. The van der Waals surface area contributed by atoms with Gasteiger partial charge in [-0.2, -0.15) is 5.10 Å². The van der Waals surface area contributed by atoms with Gasteiger partial charge in [0.1, 0.15) is 5.25 Å². The van der Waals surface area contributed by atoms with Gasteiger partial charge < -0.3 is 10.6 Å². The molecule has 1 aliphatic carbocycles. The number of carbonyl (C=O) groups is 2. The molecular formula is C21H28N4O2S. The van der Waals surface area contributed by atoms with E-state index in [1.54, 1.807) is 0 Å². The second kappa shape index (κ2) is 9.37. The summed E-state index contributed by atoms with van der Waals surface area (Å²) in [5, 5.41) is 14.2. The van der Waals surface area contributed by atoms with Crippen LogP contribution in [0.1, 0.15) is 56.6 Å². The maximum atomic E-state index is 12.4. The molecule has 6 nitrogen and oxygen atoms in total. The molecular weight excluding hydrogens is 372 g/mol. The number of amides is 2. The minimum atomic E-state index is -0.478. The van der Waals surface area contributed by atoms with Gasteiger partial charge in [0.25, 0.3) is 0 Å². The van der Waals surface area contributed by atoms with Crippen LogP contribution in [0.5, 0.6) is 0 Å². The van der Waals surface area contributed by atoms with Crippen molar-refractivity contribution in [2.75, 3.05) is 5.32 Å². The standard InChI is InChI=1S/C21H28N4O2S/c1-13-9-10-14(2)17(11-13)22-19(26)12-18-20(27)23-21(28-18)25-24-15(3)16-7-5-4-6-8-16/h9-11,16,18H,4-8,12H2,1-3H3,(H,22,26)(H,23,25,27)/b24-15-/t18-/m1/s1. The van der Waals surface area contributed by atoms with Gasteiger partial charge in [0.15, 0.2) is 5.17 Å². The van der Waals surface area contributed by atoms with Gasteiger partial charge in [-0.05, 0) is 56.7 Å². The van der Waals surface area contributed by atoms with Crippen molar-refractivity contribution in [3.05, 3.63) is 29.3 Å². The summed E-state index contributed by atoms with van der Waals surface area (Å²) in [6, 6.07) is 5.91. The van der Waals surface area contributed by atoms with Crippen LogP contribution in [0, 0.1) is 19.8 Å². The van der Waals surface area contributed by atoms with Crippen LogP contribution in [0.15, 0.2) is 28.4 Å². The van der Waals surface area contributed by atoms with E-state index in [0.29, 0.717) is 11.1 Å². The molecule has 2 fully saturated rings. The van der Waals surface area contributed by atoms with Crippen LogP contribution < -0.4 is 10.6 Å². The third-order valence-corrected chi connectivity index (χ3v) is 6.38. The molecule has 0 unspecified atom stereocenters. The molecule has 2 aliphatic rings. The first-order valence-corrected chi connectivity index (χ1v) is 10.8. The van der Waals surface area contributed by atoms with Gasteiger partial charge >= 0.3 is 0 Å². The summed E-state index contributed by atoms with van der Waals surface area (Å²) in [4.78, 5) is 24.6. The number of thioether (sulfide) groups is 1. The second-order valence-electron chi connectivity index (χ2n) is 7.65. The van der Waals surface area contributed by atoms with Crippen molar-refractivity contribution < 1.29 is 9.59 Å². The lowest BCUT2D eigenvalue weighted by Crippen LogP contribution is -2.28. The van der Waals surface area contributed by atoms with Crippen molar-refractivity contribution in [1.82, 2.24) is 5.32 Å². The summed E-state index contributed by atoms with van der Waals surface area (Å²) in [5.41, 5.74) is 3.89. The van der Waals surface area contributed by atoms with Gasteiger partial charge in [0.05, 0.1) is 0 Å². The van der Waals surface area contributed by atoms with Crippen LogP contribution in [-0.4, -0.2) is 27.9 Å². The molecule has 1 aromatic carbocycles. The Hall–Kier alpha value is -2.15. The number of nitrogens with zero attached hydrogens (tertiary/aromatic N) is 2. The molecule has 3 rings (SSSR count). The third kappa shape index (κ3) is 5.44. The van der Waals surface area contributed by atoms with Crippen LogP contribution in [0.4, 0.5) is 5.69 Å². The van der Waals surface area contributed by atoms with Crippen molar-refractivity contribution in [3.8, 4) is 0 Å². The Balaban J connectivity index is 1.56. The molecule has 0 aromatic heterocycles. The van der Waals surface area contributed by atoms with Gasteiger partial charge in [-0.15, -0.1) is 5.10 Å². The largest absolute Gasteiger partial charge is 0.326 e.